The van der Waals surface area contributed by atoms with E-state index < -0.39 is 6.10 Å². The molecule has 1 unspecified atom stereocenters. The van der Waals surface area contributed by atoms with Gasteiger partial charge in [-0.05, 0) is 70.6 Å². The fourth-order valence-corrected chi connectivity index (χ4v) is 8.58. The van der Waals surface area contributed by atoms with Crippen LogP contribution < -0.4 is 0 Å². The third kappa shape index (κ3) is 52.7. The molecule has 1 N–H and O–H groups in total. The zero-order valence-electron chi connectivity index (χ0n) is 43.1. The van der Waals surface area contributed by atoms with Crippen LogP contribution in [-0.2, 0) is 19.1 Å². The van der Waals surface area contributed by atoms with Gasteiger partial charge in [-0.3, -0.25) is 9.59 Å². The molecule has 5 nitrogen and oxygen atoms in total. The molecule has 64 heavy (non-hydrogen) atoms. The summed E-state index contributed by atoms with van der Waals surface area (Å²) in [6, 6.07) is 0. The monoisotopic (exact) mass is 899 g/mol. The zero-order valence-corrected chi connectivity index (χ0v) is 43.1. The number of carbonyl (C=O) groups is 2. The summed E-state index contributed by atoms with van der Waals surface area (Å²) in [6.45, 7) is 4.15. The molecule has 0 saturated heterocycles. The number of aliphatic hydroxyl groups is 1. The Morgan fingerprint density at radius 2 is 0.625 bits per heavy atom. The third-order valence-electron chi connectivity index (χ3n) is 12.9. The topological polar surface area (TPSA) is 72.8 Å². The van der Waals surface area contributed by atoms with Crippen molar-refractivity contribution < 1.29 is 24.2 Å². The smallest absolute Gasteiger partial charge is 0.306 e. The van der Waals surface area contributed by atoms with Gasteiger partial charge in [0.2, 0.25) is 0 Å². The van der Waals surface area contributed by atoms with E-state index in [-0.39, 0.29) is 25.2 Å². The predicted molar refractivity (Wildman–Crippen MR) is 279 cm³/mol. The molecule has 0 saturated carbocycles. The van der Waals surface area contributed by atoms with Gasteiger partial charge in [0.05, 0.1) is 6.61 Å². The molecule has 0 aliphatic heterocycles. The van der Waals surface area contributed by atoms with Gasteiger partial charge >= 0.3 is 11.9 Å². The summed E-state index contributed by atoms with van der Waals surface area (Å²) in [6.07, 6.45) is 71.4. The van der Waals surface area contributed by atoms with Gasteiger partial charge in [-0.2, -0.15) is 0 Å². The highest BCUT2D eigenvalue weighted by atomic mass is 16.6. The highest BCUT2D eigenvalue weighted by molar-refractivity contribution is 5.70. The molecule has 0 amide bonds. The number of rotatable bonds is 53. The van der Waals surface area contributed by atoms with E-state index in [0.717, 1.165) is 51.4 Å². The van der Waals surface area contributed by atoms with E-state index >= 15 is 0 Å². The molecule has 0 aliphatic carbocycles. The first-order valence-corrected chi connectivity index (χ1v) is 28.5. The van der Waals surface area contributed by atoms with Gasteiger partial charge in [0.15, 0.2) is 6.10 Å². The van der Waals surface area contributed by atoms with Crippen LogP contribution in [0.1, 0.15) is 309 Å². The highest BCUT2D eigenvalue weighted by Crippen LogP contribution is 2.17. The lowest BCUT2D eigenvalue weighted by Gasteiger charge is -2.15. The Balaban J connectivity index is 3.39. The fraction of sp³-hybridized carbons (Fsp3) is 0.864. The number of ether oxygens (including phenoxy) is 2. The first-order valence-electron chi connectivity index (χ1n) is 28.5. The molecule has 0 fully saturated rings. The Bertz CT molecular complexity index is 1020. The van der Waals surface area contributed by atoms with Crippen molar-refractivity contribution in [2.45, 2.75) is 315 Å². The summed E-state index contributed by atoms with van der Waals surface area (Å²) in [5.74, 6) is -0.585. The lowest BCUT2D eigenvalue weighted by atomic mass is 10.0. The average molecular weight is 900 g/mol. The second-order valence-corrected chi connectivity index (χ2v) is 19.4. The molecule has 0 bridgehead atoms. The number of hydrogen-bond acceptors (Lipinski definition) is 5. The van der Waals surface area contributed by atoms with Crippen molar-refractivity contribution in [1.82, 2.24) is 0 Å². The summed E-state index contributed by atoms with van der Waals surface area (Å²) in [4.78, 5) is 24.4. The Labute approximate surface area is 399 Å². The van der Waals surface area contributed by atoms with Gasteiger partial charge in [-0.1, -0.05) is 262 Å². The summed E-state index contributed by atoms with van der Waals surface area (Å²) in [5.41, 5.74) is 0. The standard InChI is InChI=1S/C59H110O5/c1-3-5-7-9-11-13-15-17-19-20-21-22-23-24-25-26-27-28-29-30-31-32-33-34-35-36-37-38-40-42-44-46-48-50-52-54-59(62)64-57(55-60)56-63-58(61)53-51-49-47-45-43-41-39-18-16-14-12-10-8-6-4-2/h15,17-18,20-21,39,57,60H,3-14,16,19,22-38,40-56H2,1-2H3/b17-15-,21-20-,39-18-. The van der Waals surface area contributed by atoms with Crippen LogP contribution >= 0.6 is 0 Å². The number of carbonyl (C=O) groups excluding carboxylic acids is 2. The molecule has 1 atom stereocenters. The first kappa shape index (κ1) is 62.1. The molecule has 0 rings (SSSR count). The molecule has 0 aromatic heterocycles. The Morgan fingerprint density at radius 1 is 0.359 bits per heavy atom. The molecule has 5 heteroatoms. The van der Waals surface area contributed by atoms with E-state index in [0.29, 0.717) is 12.8 Å². The molecule has 0 aromatic carbocycles. The third-order valence-corrected chi connectivity index (χ3v) is 12.9. The van der Waals surface area contributed by atoms with E-state index in [1.165, 1.54) is 231 Å². The van der Waals surface area contributed by atoms with Crippen LogP contribution in [0.15, 0.2) is 36.5 Å². The van der Waals surface area contributed by atoms with Crippen molar-refractivity contribution in [3.05, 3.63) is 36.5 Å². The van der Waals surface area contributed by atoms with Crippen LogP contribution in [-0.4, -0.2) is 36.4 Å². The number of allylic oxidation sites excluding steroid dienone is 6. The van der Waals surface area contributed by atoms with Gasteiger partial charge in [0, 0.05) is 12.8 Å². The lowest BCUT2D eigenvalue weighted by molar-refractivity contribution is -0.161. The number of unbranched alkanes of at least 4 members (excludes halogenated alkanes) is 39. The van der Waals surface area contributed by atoms with E-state index in [9.17, 15) is 14.7 Å². The van der Waals surface area contributed by atoms with E-state index in [1.54, 1.807) is 0 Å². The summed E-state index contributed by atoms with van der Waals surface area (Å²) < 4.78 is 10.7. The number of aliphatic hydroxyl groups excluding tert-OH is 1. The second kappa shape index (κ2) is 55.4. The maximum absolute atomic E-state index is 12.3. The Kier molecular flexibility index (Phi) is 53.8. The molecule has 0 aliphatic rings. The first-order chi connectivity index (χ1) is 31.6. The lowest BCUT2D eigenvalue weighted by Crippen LogP contribution is -2.28. The summed E-state index contributed by atoms with van der Waals surface area (Å²) in [7, 11) is 0. The van der Waals surface area contributed by atoms with Crippen molar-refractivity contribution in [2.24, 2.45) is 0 Å². The van der Waals surface area contributed by atoms with Crippen LogP contribution in [0.2, 0.25) is 0 Å². The van der Waals surface area contributed by atoms with Gasteiger partial charge in [0.1, 0.15) is 6.61 Å². The maximum Gasteiger partial charge on any atom is 0.306 e. The largest absolute Gasteiger partial charge is 0.462 e. The minimum atomic E-state index is -0.772. The van der Waals surface area contributed by atoms with Crippen LogP contribution in [0.5, 0.6) is 0 Å². The average Bonchev–Trinajstić information content (AvgIpc) is 3.30. The Morgan fingerprint density at radius 3 is 0.938 bits per heavy atom. The van der Waals surface area contributed by atoms with Crippen molar-refractivity contribution in [3.63, 3.8) is 0 Å². The van der Waals surface area contributed by atoms with Gasteiger partial charge in [-0.25, -0.2) is 0 Å². The fourth-order valence-electron chi connectivity index (χ4n) is 8.58. The van der Waals surface area contributed by atoms with E-state index in [1.807, 2.05) is 0 Å². The molecule has 0 aromatic rings. The van der Waals surface area contributed by atoms with Gasteiger partial charge in [0.25, 0.3) is 0 Å². The minimum Gasteiger partial charge on any atom is -0.462 e. The van der Waals surface area contributed by atoms with Crippen LogP contribution in [0, 0.1) is 0 Å². The van der Waals surface area contributed by atoms with Crippen molar-refractivity contribution in [2.75, 3.05) is 13.2 Å². The summed E-state index contributed by atoms with van der Waals surface area (Å²) in [5, 5.41) is 9.63. The number of esters is 2. The normalized spacial score (nSPS) is 12.4. The number of hydrogen-bond donors (Lipinski definition) is 1. The van der Waals surface area contributed by atoms with Crippen molar-refractivity contribution >= 4 is 11.9 Å². The molecule has 0 radical (unpaired) electrons. The van der Waals surface area contributed by atoms with Crippen LogP contribution in [0.3, 0.4) is 0 Å². The maximum atomic E-state index is 12.3. The quantitative estimate of drug-likeness (QED) is 0.0374. The molecule has 0 spiro atoms. The van der Waals surface area contributed by atoms with Crippen LogP contribution in [0.25, 0.3) is 0 Å². The van der Waals surface area contributed by atoms with Gasteiger partial charge < -0.3 is 14.6 Å². The Hall–Kier alpha value is -1.88. The van der Waals surface area contributed by atoms with Crippen molar-refractivity contribution in [1.29, 1.82) is 0 Å². The van der Waals surface area contributed by atoms with Crippen molar-refractivity contribution in [3.8, 4) is 0 Å². The SMILES string of the molecule is CCCCCCC/C=C\C/C=C\CCCCCCCCCCCCCCCCCCCCCCCCCC(=O)OC(CO)COC(=O)CCCCCCC/C=C\CCCCCCCC. The zero-order chi connectivity index (χ0) is 46.3. The summed E-state index contributed by atoms with van der Waals surface area (Å²) >= 11 is 0. The molecular formula is C59H110O5. The molecule has 0 heterocycles. The van der Waals surface area contributed by atoms with Gasteiger partial charge in [-0.15, -0.1) is 0 Å². The predicted octanol–water partition coefficient (Wildman–Crippen LogP) is 19.1. The van der Waals surface area contributed by atoms with Crippen LogP contribution in [0.4, 0.5) is 0 Å². The second-order valence-electron chi connectivity index (χ2n) is 19.4. The molecule has 376 valence electrons. The minimum absolute atomic E-state index is 0.0656. The molecular weight excluding hydrogens is 789 g/mol. The van der Waals surface area contributed by atoms with E-state index in [4.69, 9.17) is 9.47 Å². The van der Waals surface area contributed by atoms with E-state index in [2.05, 4.69) is 50.3 Å². The highest BCUT2D eigenvalue weighted by Gasteiger charge is 2.16.